The van der Waals surface area contributed by atoms with Crippen LogP contribution in [0.1, 0.15) is 12.0 Å². The average molecular weight is 285 g/mol. The maximum atomic E-state index is 5.83. The highest BCUT2D eigenvalue weighted by Crippen LogP contribution is 2.34. The molecule has 0 atom stereocenters. The molecule has 0 saturated heterocycles. The third kappa shape index (κ3) is 3.05. The molecule has 0 unspecified atom stereocenters. The number of fused-ring (bicyclic) bond motifs is 1. The van der Waals surface area contributed by atoms with Crippen molar-refractivity contribution in [3.05, 3.63) is 48.0 Å². The van der Waals surface area contributed by atoms with Crippen LogP contribution in [0.3, 0.4) is 0 Å². The number of benzene rings is 2. The number of hydrogen-bond acceptors (Lipinski definition) is 4. The van der Waals surface area contributed by atoms with Gasteiger partial charge in [0.15, 0.2) is 11.5 Å². The van der Waals surface area contributed by atoms with Gasteiger partial charge < -0.3 is 19.5 Å². The summed E-state index contributed by atoms with van der Waals surface area (Å²) in [5, 5.41) is 3.39. The van der Waals surface area contributed by atoms with Gasteiger partial charge in [-0.15, -0.1) is 0 Å². The number of anilines is 1. The van der Waals surface area contributed by atoms with E-state index in [-0.39, 0.29) is 0 Å². The lowest BCUT2D eigenvalue weighted by molar-refractivity contribution is 0.296. The van der Waals surface area contributed by atoms with E-state index in [0.29, 0.717) is 19.8 Å². The highest BCUT2D eigenvalue weighted by atomic mass is 16.5. The zero-order valence-electron chi connectivity index (χ0n) is 12.1. The molecule has 0 radical (unpaired) electrons. The topological polar surface area (TPSA) is 39.7 Å². The molecule has 0 spiro atoms. The first kappa shape index (κ1) is 13.6. The fraction of sp³-hybridized carbons (Fsp3) is 0.294. The monoisotopic (exact) mass is 285 g/mol. The van der Waals surface area contributed by atoms with Gasteiger partial charge in [-0.2, -0.15) is 0 Å². The Hall–Kier alpha value is -2.36. The number of methoxy groups -OCH3 is 1. The molecule has 0 amide bonds. The van der Waals surface area contributed by atoms with Gasteiger partial charge in [0.25, 0.3) is 0 Å². The molecule has 4 heteroatoms. The number of nitrogens with one attached hydrogen (secondary N) is 1. The number of ether oxygens (including phenoxy) is 3. The third-order valence-electron chi connectivity index (χ3n) is 3.43. The molecule has 2 aromatic rings. The second-order valence-electron chi connectivity index (χ2n) is 4.85. The van der Waals surface area contributed by atoms with Crippen LogP contribution < -0.4 is 19.5 Å². The van der Waals surface area contributed by atoms with Crippen LogP contribution in [0.5, 0.6) is 17.2 Å². The van der Waals surface area contributed by atoms with Crippen LogP contribution in [-0.4, -0.2) is 20.3 Å². The van der Waals surface area contributed by atoms with E-state index in [9.17, 15) is 0 Å². The first-order valence-electron chi connectivity index (χ1n) is 7.13. The largest absolute Gasteiger partial charge is 0.495 e. The fourth-order valence-electron chi connectivity index (χ4n) is 2.37. The van der Waals surface area contributed by atoms with Crippen LogP contribution in [0.2, 0.25) is 0 Å². The molecule has 0 fully saturated rings. The Kier molecular flexibility index (Phi) is 4.15. The molecule has 1 aliphatic heterocycles. The molecule has 2 aromatic carbocycles. The fourth-order valence-corrected chi connectivity index (χ4v) is 2.37. The summed E-state index contributed by atoms with van der Waals surface area (Å²) < 4.78 is 16.9. The van der Waals surface area contributed by atoms with Crippen molar-refractivity contribution in [1.82, 2.24) is 0 Å². The van der Waals surface area contributed by atoms with E-state index in [4.69, 9.17) is 14.2 Å². The van der Waals surface area contributed by atoms with Gasteiger partial charge in [-0.3, -0.25) is 0 Å². The Bertz CT molecular complexity index is 613. The molecule has 4 nitrogen and oxygen atoms in total. The molecule has 0 aromatic heterocycles. The van der Waals surface area contributed by atoms with Crippen molar-refractivity contribution in [3.63, 3.8) is 0 Å². The normalized spacial score (nSPS) is 13.4. The van der Waals surface area contributed by atoms with Crippen LogP contribution in [0.25, 0.3) is 0 Å². The van der Waals surface area contributed by atoms with Gasteiger partial charge in [-0.1, -0.05) is 24.3 Å². The quantitative estimate of drug-likeness (QED) is 0.933. The molecule has 3 rings (SSSR count). The molecule has 0 aliphatic carbocycles. The smallest absolute Gasteiger partial charge is 0.166 e. The predicted octanol–water partition coefficient (Wildman–Crippen LogP) is 3.47. The van der Waals surface area contributed by atoms with Crippen molar-refractivity contribution in [3.8, 4) is 17.2 Å². The van der Waals surface area contributed by atoms with Crippen molar-refractivity contribution in [2.45, 2.75) is 13.0 Å². The van der Waals surface area contributed by atoms with Crippen LogP contribution in [0, 0.1) is 0 Å². The van der Waals surface area contributed by atoms with Crippen molar-refractivity contribution in [2.75, 3.05) is 25.6 Å². The first-order valence-corrected chi connectivity index (χ1v) is 7.13. The molecule has 0 saturated carbocycles. The van der Waals surface area contributed by atoms with Crippen LogP contribution in [0.4, 0.5) is 5.69 Å². The second kappa shape index (κ2) is 6.39. The molecule has 1 N–H and O–H groups in total. The minimum Gasteiger partial charge on any atom is -0.495 e. The summed E-state index contributed by atoms with van der Waals surface area (Å²) in [5.41, 5.74) is 2.05. The molecular weight excluding hydrogens is 266 g/mol. The van der Waals surface area contributed by atoms with E-state index in [2.05, 4.69) is 11.4 Å². The van der Waals surface area contributed by atoms with Crippen LogP contribution in [0.15, 0.2) is 42.5 Å². The van der Waals surface area contributed by atoms with Crippen molar-refractivity contribution < 1.29 is 14.2 Å². The lowest BCUT2D eigenvalue weighted by Gasteiger charge is -2.15. The average Bonchev–Trinajstić information content (AvgIpc) is 2.79. The molecule has 1 heterocycles. The van der Waals surface area contributed by atoms with Crippen LogP contribution >= 0.6 is 0 Å². The summed E-state index contributed by atoms with van der Waals surface area (Å²) >= 11 is 0. The zero-order valence-corrected chi connectivity index (χ0v) is 12.1. The summed E-state index contributed by atoms with van der Waals surface area (Å²) in [7, 11) is 1.67. The predicted molar refractivity (Wildman–Crippen MR) is 82.4 cm³/mol. The summed E-state index contributed by atoms with van der Waals surface area (Å²) in [6.07, 6.45) is 0.911. The lowest BCUT2D eigenvalue weighted by atomic mass is 10.1. The van der Waals surface area contributed by atoms with Gasteiger partial charge in [0.05, 0.1) is 26.0 Å². The molecule has 1 aliphatic rings. The lowest BCUT2D eigenvalue weighted by Crippen LogP contribution is -2.04. The van der Waals surface area contributed by atoms with Gasteiger partial charge in [-0.25, -0.2) is 0 Å². The standard InChI is InChI=1S/C17H19NO3/c1-19-15-8-3-2-7-14(15)18-12-13-6-4-9-16-17(13)21-11-5-10-20-16/h2-4,6-9,18H,5,10-12H2,1H3. The van der Waals surface area contributed by atoms with E-state index in [1.54, 1.807) is 7.11 Å². The Morgan fingerprint density at radius 3 is 2.81 bits per heavy atom. The van der Waals surface area contributed by atoms with E-state index in [1.165, 1.54) is 0 Å². The Morgan fingerprint density at radius 1 is 1.05 bits per heavy atom. The van der Waals surface area contributed by atoms with Gasteiger partial charge in [0.1, 0.15) is 5.75 Å². The summed E-state index contributed by atoms with van der Waals surface area (Å²) in [6, 6.07) is 13.9. The van der Waals surface area contributed by atoms with Crippen molar-refractivity contribution in [2.24, 2.45) is 0 Å². The minimum absolute atomic E-state index is 0.660. The summed E-state index contributed by atoms with van der Waals surface area (Å²) in [4.78, 5) is 0. The minimum atomic E-state index is 0.660. The second-order valence-corrected chi connectivity index (χ2v) is 4.85. The Balaban J connectivity index is 1.79. The van der Waals surface area contributed by atoms with E-state index in [1.807, 2.05) is 36.4 Å². The van der Waals surface area contributed by atoms with E-state index in [0.717, 1.165) is 34.9 Å². The molecule has 0 bridgehead atoms. The maximum absolute atomic E-state index is 5.83. The van der Waals surface area contributed by atoms with Gasteiger partial charge in [0.2, 0.25) is 0 Å². The van der Waals surface area contributed by atoms with Gasteiger partial charge >= 0.3 is 0 Å². The van der Waals surface area contributed by atoms with Crippen molar-refractivity contribution >= 4 is 5.69 Å². The van der Waals surface area contributed by atoms with Crippen LogP contribution in [-0.2, 0) is 6.54 Å². The molecular formula is C17H19NO3. The number of rotatable bonds is 4. The summed E-state index contributed by atoms with van der Waals surface area (Å²) in [6.45, 7) is 2.06. The third-order valence-corrected chi connectivity index (χ3v) is 3.43. The number of para-hydroxylation sites is 3. The highest BCUT2D eigenvalue weighted by Gasteiger charge is 2.14. The molecule has 110 valence electrons. The maximum Gasteiger partial charge on any atom is 0.166 e. The van der Waals surface area contributed by atoms with Gasteiger partial charge in [0, 0.05) is 18.5 Å². The Labute approximate surface area is 124 Å². The zero-order chi connectivity index (χ0) is 14.5. The number of hydrogen-bond donors (Lipinski definition) is 1. The van der Waals surface area contributed by atoms with E-state index < -0.39 is 0 Å². The molecule has 21 heavy (non-hydrogen) atoms. The van der Waals surface area contributed by atoms with Crippen molar-refractivity contribution in [1.29, 1.82) is 0 Å². The highest BCUT2D eigenvalue weighted by molar-refractivity contribution is 5.57. The first-order chi connectivity index (χ1) is 10.4. The SMILES string of the molecule is COc1ccccc1NCc1cccc2c1OCCCO2. The van der Waals surface area contributed by atoms with E-state index >= 15 is 0 Å². The Morgan fingerprint density at radius 2 is 1.90 bits per heavy atom. The summed E-state index contributed by atoms with van der Waals surface area (Å²) in [5.74, 6) is 2.50. The van der Waals surface area contributed by atoms with Gasteiger partial charge in [-0.05, 0) is 18.2 Å².